The Labute approximate surface area is 205 Å². The van der Waals surface area contributed by atoms with Crippen molar-refractivity contribution in [2.45, 2.75) is 50.6 Å². The summed E-state index contributed by atoms with van der Waals surface area (Å²) >= 11 is 1.40. The molecule has 1 aliphatic carbocycles. The molecule has 1 heterocycles. The number of carbonyl (C=O) groups excluding carboxylic acids is 2. The first kappa shape index (κ1) is 24.0. The molecular formula is C28H32N2O3S. The van der Waals surface area contributed by atoms with Crippen LogP contribution in [0.4, 0.5) is 0 Å². The van der Waals surface area contributed by atoms with Crippen LogP contribution in [-0.2, 0) is 11.2 Å². The van der Waals surface area contributed by atoms with Crippen LogP contribution >= 0.6 is 11.3 Å². The predicted molar refractivity (Wildman–Crippen MR) is 136 cm³/mol. The fourth-order valence-electron chi connectivity index (χ4n) is 4.60. The van der Waals surface area contributed by atoms with Crippen LogP contribution < -0.4 is 10.1 Å². The van der Waals surface area contributed by atoms with Gasteiger partial charge in [0.1, 0.15) is 11.8 Å². The Bertz CT molecular complexity index is 1060. The van der Waals surface area contributed by atoms with Gasteiger partial charge in [-0.2, -0.15) is 0 Å². The third-order valence-corrected chi connectivity index (χ3v) is 7.26. The van der Waals surface area contributed by atoms with Gasteiger partial charge in [0.25, 0.3) is 5.91 Å². The highest BCUT2D eigenvalue weighted by atomic mass is 32.1. The smallest absolute Gasteiger partial charge is 0.264 e. The van der Waals surface area contributed by atoms with E-state index in [1.54, 1.807) is 12.0 Å². The molecule has 5 nitrogen and oxygen atoms in total. The standard InChI is InChI=1S/C28H32N2O3S/c1-33-24-15-8-12-22(20-24)26(27(31)29-23-13-6-3-7-14-23)30(28(32)25-16-9-19-34-25)18-17-21-10-4-2-5-11-21/h2,4-5,8-12,15-16,19-20,23,26H,3,6-7,13-14,17-18H2,1H3,(H,29,31)/t26-/m0/s1. The largest absolute Gasteiger partial charge is 0.497 e. The SMILES string of the molecule is COc1cccc([C@@H](C(=O)NC2CCCCC2)N(CCc2ccccc2)C(=O)c2cccs2)c1. The monoisotopic (exact) mass is 476 g/mol. The van der Waals surface area contributed by atoms with Crippen LogP contribution in [-0.4, -0.2) is 36.4 Å². The van der Waals surface area contributed by atoms with Crippen LogP contribution in [0.15, 0.2) is 72.1 Å². The molecule has 0 saturated heterocycles. The van der Waals surface area contributed by atoms with Gasteiger partial charge in [0.05, 0.1) is 12.0 Å². The average molecular weight is 477 g/mol. The summed E-state index contributed by atoms with van der Waals surface area (Å²) in [6.07, 6.45) is 6.10. The molecule has 178 valence electrons. The van der Waals surface area contributed by atoms with Gasteiger partial charge in [0, 0.05) is 12.6 Å². The number of methoxy groups -OCH3 is 1. The molecule has 3 aromatic rings. The second kappa shape index (κ2) is 11.8. The number of hydrogen-bond acceptors (Lipinski definition) is 4. The molecule has 4 rings (SSSR count). The third-order valence-electron chi connectivity index (χ3n) is 6.40. The van der Waals surface area contributed by atoms with E-state index in [0.717, 1.165) is 36.8 Å². The van der Waals surface area contributed by atoms with Gasteiger partial charge in [-0.3, -0.25) is 9.59 Å². The minimum Gasteiger partial charge on any atom is -0.497 e. The van der Waals surface area contributed by atoms with Crippen LogP contribution in [0.1, 0.15) is 58.9 Å². The van der Waals surface area contributed by atoms with Gasteiger partial charge in [-0.25, -0.2) is 0 Å². The van der Waals surface area contributed by atoms with Crippen molar-refractivity contribution in [3.8, 4) is 5.75 Å². The first-order chi connectivity index (χ1) is 16.7. The number of rotatable bonds is 9. The fraction of sp³-hybridized carbons (Fsp3) is 0.357. The topological polar surface area (TPSA) is 58.6 Å². The van der Waals surface area contributed by atoms with Gasteiger partial charge in [0.15, 0.2) is 0 Å². The molecular weight excluding hydrogens is 444 g/mol. The summed E-state index contributed by atoms with van der Waals surface area (Å²) in [7, 11) is 1.61. The van der Waals surface area contributed by atoms with E-state index in [2.05, 4.69) is 17.4 Å². The number of amides is 2. The van der Waals surface area contributed by atoms with Gasteiger partial charge >= 0.3 is 0 Å². The highest BCUT2D eigenvalue weighted by molar-refractivity contribution is 7.12. The third kappa shape index (κ3) is 6.06. The number of benzene rings is 2. The minimum absolute atomic E-state index is 0.127. The summed E-state index contributed by atoms with van der Waals surface area (Å²) in [6, 6.07) is 20.7. The highest BCUT2D eigenvalue weighted by Crippen LogP contribution is 2.29. The molecule has 1 aliphatic rings. The van der Waals surface area contributed by atoms with E-state index in [1.807, 2.05) is 60.0 Å². The molecule has 1 aromatic heterocycles. The zero-order chi connectivity index (χ0) is 23.8. The molecule has 2 amide bonds. The van der Waals surface area contributed by atoms with Crippen molar-refractivity contribution in [1.82, 2.24) is 10.2 Å². The van der Waals surface area contributed by atoms with E-state index >= 15 is 0 Å². The molecule has 1 saturated carbocycles. The number of nitrogens with zero attached hydrogens (tertiary/aromatic N) is 1. The maximum absolute atomic E-state index is 13.8. The van der Waals surface area contributed by atoms with Crippen LogP contribution in [0.5, 0.6) is 5.75 Å². The second-order valence-electron chi connectivity index (χ2n) is 8.73. The van der Waals surface area contributed by atoms with E-state index in [1.165, 1.54) is 17.8 Å². The number of carbonyl (C=O) groups is 2. The molecule has 0 aliphatic heterocycles. The molecule has 6 heteroatoms. The van der Waals surface area contributed by atoms with Crippen molar-refractivity contribution in [3.05, 3.63) is 88.1 Å². The Hall–Kier alpha value is -3.12. The van der Waals surface area contributed by atoms with Crippen LogP contribution in [0.25, 0.3) is 0 Å². The summed E-state index contributed by atoms with van der Waals surface area (Å²) < 4.78 is 5.44. The number of nitrogens with one attached hydrogen (secondary N) is 1. The molecule has 0 unspecified atom stereocenters. The van der Waals surface area contributed by atoms with Crippen molar-refractivity contribution >= 4 is 23.2 Å². The molecule has 1 fully saturated rings. The maximum Gasteiger partial charge on any atom is 0.264 e. The lowest BCUT2D eigenvalue weighted by Crippen LogP contribution is -2.47. The summed E-state index contributed by atoms with van der Waals surface area (Å²) in [6.45, 7) is 0.431. The van der Waals surface area contributed by atoms with E-state index in [9.17, 15) is 9.59 Å². The van der Waals surface area contributed by atoms with Crippen LogP contribution in [0.3, 0.4) is 0 Å². The Morgan fingerprint density at radius 2 is 1.82 bits per heavy atom. The lowest BCUT2D eigenvalue weighted by atomic mass is 9.94. The molecule has 0 radical (unpaired) electrons. The van der Waals surface area contributed by atoms with Crippen molar-refractivity contribution in [3.63, 3.8) is 0 Å². The molecule has 1 atom stereocenters. The van der Waals surface area contributed by atoms with Crippen molar-refractivity contribution in [2.75, 3.05) is 13.7 Å². The maximum atomic E-state index is 13.8. The number of ether oxygens (including phenoxy) is 1. The molecule has 34 heavy (non-hydrogen) atoms. The molecule has 1 N–H and O–H groups in total. The number of hydrogen-bond donors (Lipinski definition) is 1. The highest BCUT2D eigenvalue weighted by Gasteiger charge is 2.33. The zero-order valence-electron chi connectivity index (χ0n) is 19.6. The summed E-state index contributed by atoms with van der Waals surface area (Å²) in [5.41, 5.74) is 1.88. The summed E-state index contributed by atoms with van der Waals surface area (Å²) in [5.74, 6) is 0.412. The second-order valence-corrected chi connectivity index (χ2v) is 9.68. The van der Waals surface area contributed by atoms with Crippen molar-refractivity contribution in [2.24, 2.45) is 0 Å². The first-order valence-corrected chi connectivity index (χ1v) is 12.9. The predicted octanol–water partition coefficient (Wildman–Crippen LogP) is 5.63. The first-order valence-electron chi connectivity index (χ1n) is 12.0. The lowest BCUT2D eigenvalue weighted by Gasteiger charge is -2.33. The normalized spacial score (nSPS) is 14.9. The van der Waals surface area contributed by atoms with Crippen LogP contribution in [0.2, 0.25) is 0 Å². The number of thiophene rings is 1. The Morgan fingerprint density at radius 3 is 2.53 bits per heavy atom. The quantitative estimate of drug-likeness (QED) is 0.435. The summed E-state index contributed by atoms with van der Waals surface area (Å²) in [5, 5.41) is 5.16. The summed E-state index contributed by atoms with van der Waals surface area (Å²) in [4.78, 5) is 29.9. The van der Waals surface area contributed by atoms with Crippen molar-refractivity contribution in [1.29, 1.82) is 0 Å². The minimum atomic E-state index is -0.740. The molecule has 0 bridgehead atoms. The Balaban J connectivity index is 1.68. The van der Waals surface area contributed by atoms with Crippen molar-refractivity contribution < 1.29 is 14.3 Å². The van der Waals surface area contributed by atoms with E-state index < -0.39 is 6.04 Å². The lowest BCUT2D eigenvalue weighted by molar-refractivity contribution is -0.126. The molecule has 0 spiro atoms. The average Bonchev–Trinajstić information content (AvgIpc) is 3.42. The van der Waals surface area contributed by atoms with Gasteiger partial charge in [-0.15, -0.1) is 11.3 Å². The van der Waals surface area contributed by atoms with E-state index in [-0.39, 0.29) is 17.9 Å². The zero-order valence-corrected chi connectivity index (χ0v) is 20.4. The van der Waals surface area contributed by atoms with Crippen LogP contribution in [0, 0.1) is 0 Å². The van der Waals surface area contributed by atoms with Gasteiger partial charge in [-0.1, -0.05) is 67.8 Å². The Kier molecular flexibility index (Phi) is 8.36. The van der Waals surface area contributed by atoms with Gasteiger partial charge in [-0.05, 0) is 54.0 Å². The van der Waals surface area contributed by atoms with E-state index in [0.29, 0.717) is 23.6 Å². The fourth-order valence-corrected chi connectivity index (χ4v) is 5.27. The Morgan fingerprint density at radius 1 is 1.03 bits per heavy atom. The van der Waals surface area contributed by atoms with Gasteiger partial charge in [0.2, 0.25) is 5.91 Å². The molecule has 2 aromatic carbocycles. The van der Waals surface area contributed by atoms with E-state index in [4.69, 9.17) is 4.74 Å². The van der Waals surface area contributed by atoms with Gasteiger partial charge < -0.3 is 15.0 Å².